The molecule has 0 N–H and O–H groups in total. The Kier molecular flexibility index (Phi) is 4.18. The lowest BCUT2D eigenvalue weighted by molar-refractivity contribution is 0.0664. The summed E-state index contributed by atoms with van der Waals surface area (Å²) in [5, 5.41) is 0.334. The number of benzene rings is 1. The van der Waals surface area contributed by atoms with Crippen molar-refractivity contribution in [2.45, 2.75) is 5.75 Å². The van der Waals surface area contributed by atoms with Gasteiger partial charge >= 0.3 is 0 Å². The van der Waals surface area contributed by atoms with E-state index in [0.717, 1.165) is 4.90 Å². The predicted molar refractivity (Wildman–Crippen MR) is 87.5 cm³/mol. The molecule has 0 spiro atoms. The van der Waals surface area contributed by atoms with Crippen molar-refractivity contribution in [2.24, 2.45) is 7.05 Å². The van der Waals surface area contributed by atoms with E-state index in [0.29, 0.717) is 22.1 Å². The minimum atomic E-state index is -3.55. The van der Waals surface area contributed by atoms with Gasteiger partial charge in [0.1, 0.15) is 16.7 Å². The van der Waals surface area contributed by atoms with Crippen LogP contribution in [-0.2, 0) is 22.6 Å². The number of carbonyl (C=O) groups is 2. The molecule has 0 aliphatic carbocycles. The molecule has 9 heteroatoms. The highest BCUT2D eigenvalue weighted by Gasteiger charge is 2.35. The van der Waals surface area contributed by atoms with Gasteiger partial charge in [0, 0.05) is 13.6 Å². The van der Waals surface area contributed by atoms with Crippen LogP contribution in [0.5, 0.6) is 0 Å². The standard InChI is InChI=1S/C15H14ClN3O4S/c1-18-12(16)8-17-13(18)9-24(22,23)7-6-19-14(20)10-4-2-3-5-11(10)15(19)21/h2-5,8H,6-7,9H2,1H3. The number of sulfone groups is 1. The molecule has 0 atom stereocenters. The van der Waals surface area contributed by atoms with Crippen LogP contribution in [0.2, 0.25) is 5.15 Å². The number of rotatable bonds is 5. The number of hydrogen-bond acceptors (Lipinski definition) is 5. The highest BCUT2D eigenvalue weighted by Crippen LogP contribution is 2.22. The Balaban J connectivity index is 1.71. The summed E-state index contributed by atoms with van der Waals surface area (Å²) in [7, 11) is -1.94. The number of fused-ring (bicyclic) bond motifs is 1. The maximum absolute atomic E-state index is 12.3. The summed E-state index contributed by atoms with van der Waals surface area (Å²) in [6.45, 7) is -0.188. The molecule has 0 fully saturated rings. The monoisotopic (exact) mass is 367 g/mol. The van der Waals surface area contributed by atoms with Crippen LogP contribution >= 0.6 is 11.6 Å². The van der Waals surface area contributed by atoms with Gasteiger partial charge in [0.15, 0.2) is 9.84 Å². The molecular formula is C15H14ClN3O4S. The third kappa shape index (κ3) is 2.94. The van der Waals surface area contributed by atoms with Crippen LogP contribution in [0.4, 0.5) is 0 Å². The lowest BCUT2D eigenvalue weighted by Gasteiger charge is -2.13. The van der Waals surface area contributed by atoms with Crippen molar-refractivity contribution < 1.29 is 18.0 Å². The fourth-order valence-corrected chi connectivity index (χ4v) is 3.91. The van der Waals surface area contributed by atoms with Crippen molar-refractivity contribution >= 4 is 33.3 Å². The molecule has 1 aliphatic rings. The van der Waals surface area contributed by atoms with Gasteiger partial charge in [0.2, 0.25) is 0 Å². The van der Waals surface area contributed by atoms with Crippen molar-refractivity contribution in [1.82, 2.24) is 14.5 Å². The third-order valence-corrected chi connectivity index (χ3v) is 5.73. The van der Waals surface area contributed by atoms with E-state index in [-0.39, 0.29) is 18.1 Å². The zero-order chi connectivity index (χ0) is 17.5. The molecule has 3 rings (SSSR count). The Labute approximate surface area is 143 Å². The number of halogens is 1. The molecule has 2 aromatic rings. The van der Waals surface area contributed by atoms with Gasteiger partial charge in [-0.05, 0) is 12.1 Å². The highest BCUT2D eigenvalue weighted by molar-refractivity contribution is 7.90. The second-order valence-corrected chi connectivity index (χ2v) is 8.03. The summed E-state index contributed by atoms with van der Waals surface area (Å²) in [5.41, 5.74) is 0.603. The molecule has 0 saturated heterocycles. The molecule has 1 aliphatic heterocycles. The summed E-state index contributed by atoms with van der Waals surface area (Å²) in [5.74, 6) is -1.26. The number of imidazole rings is 1. The van der Waals surface area contributed by atoms with Crippen molar-refractivity contribution in [3.8, 4) is 0 Å². The van der Waals surface area contributed by atoms with Gasteiger partial charge in [-0.2, -0.15) is 0 Å². The van der Waals surface area contributed by atoms with E-state index in [1.165, 1.54) is 10.8 Å². The Morgan fingerprint density at radius 3 is 2.21 bits per heavy atom. The number of hydrogen-bond donors (Lipinski definition) is 0. The van der Waals surface area contributed by atoms with Crippen LogP contribution in [0, 0.1) is 0 Å². The number of aromatic nitrogens is 2. The van der Waals surface area contributed by atoms with E-state index in [2.05, 4.69) is 4.98 Å². The lowest BCUT2D eigenvalue weighted by Crippen LogP contribution is -2.34. The molecular weight excluding hydrogens is 354 g/mol. The first kappa shape index (κ1) is 16.7. The molecule has 2 amide bonds. The smallest absolute Gasteiger partial charge is 0.261 e. The molecule has 1 aromatic carbocycles. The first-order valence-electron chi connectivity index (χ1n) is 7.12. The van der Waals surface area contributed by atoms with Gasteiger partial charge in [0.25, 0.3) is 11.8 Å². The second kappa shape index (κ2) is 6.03. The molecule has 0 unspecified atom stereocenters. The molecule has 0 radical (unpaired) electrons. The fourth-order valence-electron chi connectivity index (χ4n) is 2.50. The van der Waals surface area contributed by atoms with Crippen LogP contribution < -0.4 is 0 Å². The average Bonchev–Trinajstić information content (AvgIpc) is 2.98. The summed E-state index contributed by atoms with van der Waals surface area (Å²) in [6.07, 6.45) is 1.37. The Morgan fingerprint density at radius 2 is 1.71 bits per heavy atom. The molecule has 0 bridgehead atoms. The van der Waals surface area contributed by atoms with Crippen LogP contribution in [0.1, 0.15) is 26.5 Å². The van der Waals surface area contributed by atoms with Crippen LogP contribution in [0.25, 0.3) is 0 Å². The Hall–Kier alpha value is -2.19. The molecule has 7 nitrogen and oxygen atoms in total. The molecule has 0 saturated carbocycles. The number of amides is 2. The van der Waals surface area contributed by atoms with E-state index < -0.39 is 21.7 Å². The highest BCUT2D eigenvalue weighted by atomic mass is 35.5. The zero-order valence-corrected chi connectivity index (χ0v) is 14.3. The first-order chi connectivity index (χ1) is 11.3. The fraction of sp³-hybridized carbons (Fsp3) is 0.267. The molecule has 1 aromatic heterocycles. The van der Waals surface area contributed by atoms with Crippen LogP contribution in [-0.4, -0.2) is 47.0 Å². The predicted octanol–water partition coefficient (Wildman–Crippen LogP) is 1.28. The molecule has 126 valence electrons. The van der Waals surface area contributed by atoms with Crippen molar-refractivity contribution in [3.63, 3.8) is 0 Å². The van der Waals surface area contributed by atoms with Crippen LogP contribution in [0.15, 0.2) is 30.5 Å². The normalized spacial score (nSPS) is 14.3. The van der Waals surface area contributed by atoms with E-state index in [9.17, 15) is 18.0 Å². The first-order valence-corrected chi connectivity index (χ1v) is 9.32. The second-order valence-electron chi connectivity index (χ2n) is 5.46. The van der Waals surface area contributed by atoms with E-state index >= 15 is 0 Å². The summed E-state index contributed by atoms with van der Waals surface area (Å²) >= 11 is 5.84. The largest absolute Gasteiger partial charge is 0.321 e. The average molecular weight is 368 g/mol. The summed E-state index contributed by atoms with van der Waals surface area (Å²) < 4.78 is 26.0. The molecule has 24 heavy (non-hydrogen) atoms. The summed E-state index contributed by atoms with van der Waals surface area (Å²) in [6, 6.07) is 6.43. The number of imide groups is 1. The van der Waals surface area contributed by atoms with Crippen molar-refractivity contribution in [3.05, 3.63) is 52.6 Å². The van der Waals surface area contributed by atoms with Crippen LogP contribution in [0.3, 0.4) is 0 Å². The summed E-state index contributed by atoms with van der Waals surface area (Å²) in [4.78, 5) is 29.3. The maximum Gasteiger partial charge on any atom is 0.261 e. The quantitative estimate of drug-likeness (QED) is 0.743. The third-order valence-electron chi connectivity index (χ3n) is 3.88. The number of nitrogens with zero attached hydrogens (tertiary/aromatic N) is 3. The van der Waals surface area contributed by atoms with E-state index in [1.807, 2.05) is 0 Å². The molecule has 2 heterocycles. The topological polar surface area (TPSA) is 89.3 Å². The van der Waals surface area contributed by atoms with Crippen molar-refractivity contribution in [2.75, 3.05) is 12.3 Å². The lowest BCUT2D eigenvalue weighted by atomic mass is 10.1. The number of carbonyl (C=O) groups excluding carboxylic acids is 2. The maximum atomic E-state index is 12.3. The van der Waals surface area contributed by atoms with Gasteiger partial charge in [-0.3, -0.25) is 14.5 Å². The minimum Gasteiger partial charge on any atom is -0.321 e. The van der Waals surface area contributed by atoms with Gasteiger partial charge in [-0.1, -0.05) is 23.7 Å². The zero-order valence-electron chi connectivity index (χ0n) is 12.8. The van der Waals surface area contributed by atoms with E-state index in [1.54, 1.807) is 31.3 Å². The van der Waals surface area contributed by atoms with Gasteiger partial charge in [-0.15, -0.1) is 0 Å². The van der Waals surface area contributed by atoms with E-state index in [4.69, 9.17) is 11.6 Å². The Morgan fingerprint density at radius 1 is 1.12 bits per heavy atom. The van der Waals surface area contributed by atoms with Gasteiger partial charge in [0.05, 0.1) is 23.1 Å². The SMILES string of the molecule is Cn1c(Cl)cnc1CS(=O)(=O)CCN1C(=O)c2ccccc2C1=O. The van der Waals surface area contributed by atoms with Crippen molar-refractivity contribution in [1.29, 1.82) is 0 Å². The van der Waals surface area contributed by atoms with Gasteiger partial charge in [-0.25, -0.2) is 13.4 Å². The minimum absolute atomic E-state index is 0.188. The van der Waals surface area contributed by atoms with Gasteiger partial charge < -0.3 is 4.57 Å². The Bertz CT molecular complexity index is 901.